The van der Waals surface area contributed by atoms with Gasteiger partial charge >= 0.3 is 5.97 Å². The predicted octanol–water partition coefficient (Wildman–Crippen LogP) is 2.11. The lowest BCUT2D eigenvalue weighted by molar-refractivity contribution is -0.119. The summed E-state index contributed by atoms with van der Waals surface area (Å²) in [6.45, 7) is 1.43. The van der Waals surface area contributed by atoms with Crippen molar-refractivity contribution in [2.45, 2.75) is 13.0 Å². The first-order chi connectivity index (χ1) is 14.3. The van der Waals surface area contributed by atoms with Crippen molar-refractivity contribution in [1.29, 1.82) is 0 Å². The summed E-state index contributed by atoms with van der Waals surface area (Å²) in [6.07, 6.45) is 0. The Balaban J connectivity index is 1.91. The van der Waals surface area contributed by atoms with Gasteiger partial charge in [-0.3, -0.25) is 19.3 Å². The minimum Gasteiger partial charge on any atom is -0.493 e. The summed E-state index contributed by atoms with van der Waals surface area (Å²) in [6, 6.07) is 7.99. The third-order valence-corrected chi connectivity index (χ3v) is 4.78. The molecular formula is C21H20N2O7. The highest BCUT2D eigenvalue weighted by Gasteiger charge is 2.40. The smallest absolute Gasteiger partial charge is 0.340 e. The van der Waals surface area contributed by atoms with Gasteiger partial charge in [-0.1, -0.05) is 12.1 Å². The van der Waals surface area contributed by atoms with Crippen LogP contribution in [0, 0.1) is 0 Å². The third-order valence-electron chi connectivity index (χ3n) is 4.78. The van der Waals surface area contributed by atoms with E-state index in [0.717, 1.165) is 4.90 Å². The van der Waals surface area contributed by atoms with Gasteiger partial charge in [0.1, 0.15) is 6.04 Å². The van der Waals surface area contributed by atoms with E-state index >= 15 is 0 Å². The van der Waals surface area contributed by atoms with Crippen molar-refractivity contribution in [1.82, 2.24) is 4.90 Å². The topological polar surface area (TPSA) is 111 Å². The Labute approximate surface area is 172 Å². The van der Waals surface area contributed by atoms with Crippen LogP contribution in [0.1, 0.15) is 38.0 Å². The SMILES string of the molecule is COC(=O)c1cc(OC)c(OC)cc1NC(=O)[C@@H](C)N1C(=O)c2ccccc2C1=O. The number of carbonyl (C=O) groups is 4. The second kappa shape index (κ2) is 8.24. The molecule has 0 saturated heterocycles. The number of methoxy groups -OCH3 is 3. The number of nitrogens with one attached hydrogen (secondary N) is 1. The van der Waals surface area contributed by atoms with Crippen molar-refractivity contribution in [3.8, 4) is 11.5 Å². The van der Waals surface area contributed by atoms with E-state index < -0.39 is 29.7 Å². The molecule has 0 unspecified atom stereocenters. The Kier molecular flexibility index (Phi) is 5.72. The van der Waals surface area contributed by atoms with Crippen LogP contribution in [0.25, 0.3) is 0 Å². The standard InChI is InChI=1S/C21H20N2O7/c1-11(23-19(25)12-7-5-6-8-13(12)20(23)26)18(24)22-15-10-17(29-3)16(28-2)9-14(15)21(27)30-4/h5-11H,1-4H3,(H,22,24)/t11-/m1/s1. The highest BCUT2D eigenvalue weighted by molar-refractivity contribution is 6.23. The zero-order chi connectivity index (χ0) is 22.0. The molecule has 156 valence electrons. The number of hydrogen-bond donors (Lipinski definition) is 1. The molecule has 2 aromatic carbocycles. The minimum absolute atomic E-state index is 0.0260. The van der Waals surface area contributed by atoms with Gasteiger partial charge in [0.25, 0.3) is 11.8 Å². The van der Waals surface area contributed by atoms with Gasteiger partial charge in [0, 0.05) is 12.1 Å². The van der Waals surface area contributed by atoms with Crippen LogP contribution in [-0.2, 0) is 9.53 Å². The average molecular weight is 412 g/mol. The van der Waals surface area contributed by atoms with Crippen molar-refractivity contribution >= 4 is 29.4 Å². The fourth-order valence-electron chi connectivity index (χ4n) is 3.18. The van der Waals surface area contributed by atoms with Crippen molar-refractivity contribution in [3.05, 3.63) is 53.1 Å². The summed E-state index contributed by atoms with van der Waals surface area (Å²) >= 11 is 0. The van der Waals surface area contributed by atoms with Crippen LogP contribution >= 0.6 is 0 Å². The van der Waals surface area contributed by atoms with E-state index in [9.17, 15) is 19.2 Å². The molecule has 1 heterocycles. The summed E-state index contributed by atoms with van der Waals surface area (Å²) in [4.78, 5) is 51.2. The maximum absolute atomic E-state index is 12.9. The Bertz CT molecular complexity index is 1010. The first kappa shape index (κ1) is 20.8. The number of nitrogens with zero attached hydrogens (tertiary/aromatic N) is 1. The molecule has 1 N–H and O–H groups in total. The molecule has 0 saturated carbocycles. The number of ether oxygens (including phenoxy) is 3. The molecule has 9 heteroatoms. The Morgan fingerprint density at radius 2 is 1.47 bits per heavy atom. The van der Waals surface area contributed by atoms with Crippen LogP contribution in [0.15, 0.2) is 36.4 Å². The molecule has 2 aromatic rings. The average Bonchev–Trinajstić information content (AvgIpc) is 3.02. The summed E-state index contributed by atoms with van der Waals surface area (Å²) in [5.74, 6) is -1.95. The van der Waals surface area contributed by atoms with Crippen LogP contribution in [0.5, 0.6) is 11.5 Å². The van der Waals surface area contributed by atoms with Crippen molar-refractivity contribution < 1.29 is 33.4 Å². The van der Waals surface area contributed by atoms with Gasteiger partial charge in [0.2, 0.25) is 5.91 Å². The fourth-order valence-corrected chi connectivity index (χ4v) is 3.18. The Hall–Kier alpha value is -3.88. The second-order valence-corrected chi connectivity index (χ2v) is 6.44. The van der Waals surface area contributed by atoms with Gasteiger partial charge in [-0.25, -0.2) is 4.79 Å². The van der Waals surface area contributed by atoms with Gasteiger partial charge < -0.3 is 19.5 Å². The van der Waals surface area contributed by atoms with E-state index in [1.807, 2.05) is 0 Å². The summed E-state index contributed by atoms with van der Waals surface area (Å²) in [7, 11) is 4.01. The number of rotatable bonds is 6. The van der Waals surface area contributed by atoms with Crippen LogP contribution in [0.3, 0.4) is 0 Å². The largest absolute Gasteiger partial charge is 0.493 e. The molecule has 1 aliphatic rings. The molecule has 30 heavy (non-hydrogen) atoms. The van der Waals surface area contributed by atoms with E-state index in [2.05, 4.69) is 5.32 Å². The number of amides is 3. The van der Waals surface area contributed by atoms with E-state index in [4.69, 9.17) is 14.2 Å². The number of hydrogen-bond acceptors (Lipinski definition) is 7. The second-order valence-electron chi connectivity index (χ2n) is 6.44. The van der Waals surface area contributed by atoms with Crippen LogP contribution in [0.2, 0.25) is 0 Å². The number of imide groups is 1. The van der Waals surface area contributed by atoms with Gasteiger partial charge in [0.15, 0.2) is 11.5 Å². The van der Waals surface area contributed by atoms with Gasteiger partial charge in [-0.15, -0.1) is 0 Å². The first-order valence-corrected chi connectivity index (χ1v) is 8.96. The third kappa shape index (κ3) is 3.45. The van der Waals surface area contributed by atoms with Crippen LogP contribution in [0.4, 0.5) is 5.69 Å². The van der Waals surface area contributed by atoms with E-state index in [-0.39, 0.29) is 33.9 Å². The number of fused-ring (bicyclic) bond motifs is 1. The van der Waals surface area contributed by atoms with Crippen LogP contribution in [-0.4, -0.2) is 56.0 Å². The molecule has 1 aliphatic heterocycles. The normalized spacial score (nSPS) is 13.5. The maximum atomic E-state index is 12.9. The lowest BCUT2D eigenvalue weighted by Gasteiger charge is -2.22. The molecule has 3 amide bonds. The quantitative estimate of drug-likeness (QED) is 0.571. The zero-order valence-electron chi connectivity index (χ0n) is 16.8. The van der Waals surface area contributed by atoms with Crippen LogP contribution < -0.4 is 14.8 Å². The molecule has 0 aromatic heterocycles. The molecule has 0 aliphatic carbocycles. The summed E-state index contributed by atoms with van der Waals surface area (Å²) in [5, 5.41) is 2.57. The number of benzene rings is 2. The van der Waals surface area contributed by atoms with Gasteiger partial charge in [-0.05, 0) is 19.1 Å². The highest BCUT2D eigenvalue weighted by Crippen LogP contribution is 2.34. The van der Waals surface area contributed by atoms with Crippen molar-refractivity contribution in [3.63, 3.8) is 0 Å². The first-order valence-electron chi connectivity index (χ1n) is 8.96. The number of esters is 1. The number of carbonyl (C=O) groups excluding carboxylic acids is 4. The molecule has 0 spiro atoms. The molecular weight excluding hydrogens is 392 g/mol. The monoisotopic (exact) mass is 412 g/mol. The minimum atomic E-state index is -1.13. The lowest BCUT2D eigenvalue weighted by atomic mass is 10.1. The zero-order valence-corrected chi connectivity index (χ0v) is 16.8. The van der Waals surface area contributed by atoms with E-state index in [0.29, 0.717) is 0 Å². The molecule has 3 rings (SSSR count). The summed E-state index contributed by atoms with van der Waals surface area (Å²) in [5.41, 5.74) is 0.595. The molecule has 0 fully saturated rings. The molecule has 1 atom stereocenters. The molecule has 0 radical (unpaired) electrons. The Morgan fingerprint density at radius 3 is 1.97 bits per heavy atom. The lowest BCUT2D eigenvalue weighted by Crippen LogP contribution is -2.45. The molecule has 0 bridgehead atoms. The highest BCUT2D eigenvalue weighted by atomic mass is 16.5. The van der Waals surface area contributed by atoms with E-state index in [1.54, 1.807) is 12.1 Å². The number of anilines is 1. The van der Waals surface area contributed by atoms with Gasteiger partial charge in [0.05, 0.1) is 43.7 Å². The van der Waals surface area contributed by atoms with Crippen molar-refractivity contribution in [2.24, 2.45) is 0 Å². The predicted molar refractivity (Wildman–Crippen MR) is 106 cm³/mol. The maximum Gasteiger partial charge on any atom is 0.340 e. The van der Waals surface area contributed by atoms with E-state index in [1.165, 1.54) is 52.5 Å². The fraction of sp³-hybridized carbons (Fsp3) is 0.238. The van der Waals surface area contributed by atoms with Gasteiger partial charge in [-0.2, -0.15) is 0 Å². The molecule has 9 nitrogen and oxygen atoms in total. The summed E-state index contributed by atoms with van der Waals surface area (Å²) < 4.78 is 15.2. The Morgan fingerprint density at radius 1 is 0.933 bits per heavy atom. The van der Waals surface area contributed by atoms with Crippen molar-refractivity contribution in [2.75, 3.05) is 26.6 Å².